The van der Waals surface area contributed by atoms with Crippen molar-refractivity contribution in [2.45, 2.75) is 6.42 Å². The van der Waals surface area contributed by atoms with Gasteiger partial charge in [-0.3, -0.25) is 10.1 Å². The van der Waals surface area contributed by atoms with Crippen LogP contribution >= 0.6 is 0 Å². The van der Waals surface area contributed by atoms with Crippen LogP contribution in [0.2, 0.25) is 0 Å². The zero-order chi connectivity index (χ0) is 9.84. The molecule has 0 heterocycles. The van der Waals surface area contributed by atoms with E-state index in [1.165, 1.54) is 12.1 Å². The van der Waals surface area contributed by atoms with Crippen molar-refractivity contribution in [1.82, 2.24) is 0 Å². The van der Waals surface area contributed by atoms with E-state index in [0.29, 0.717) is 6.29 Å². The molecule has 0 aliphatic heterocycles. The van der Waals surface area contributed by atoms with Gasteiger partial charge >= 0.3 is 5.69 Å². The van der Waals surface area contributed by atoms with Gasteiger partial charge in [0.2, 0.25) is 5.82 Å². The van der Waals surface area contributed by atoms with Crippen LogP contribution in [0.25, 0.3) is 0 Å². The maximum Gasteiger partial charge on any atom is 0.305 e. The summed E-state index contributed by atoms with van der Waals surface area (Å²) in [6.07, 6.45) is 0.357. The van der Waals surface area contributed by atoms with Crippen LogP contribution in [-0.4, -0.2) is 11.2 Å². The van der Waals surface area contributed by atoms with E-state index in [2.05, 4.69) is 0 Å². The van der Waals surface area contributed by atoms with Gasteiger partial charge in [-0.25, -0.2) is 0 Å². The van der Waals surface area contributed by atoms with E-state index >= 15 is 0 Å². The fourth-order valence-corrected chi connectivity index (χ4v) is 0.955. The van der Waals surface area contributed by atoms with E-state index in [4.69, 9.17) is 0 Å². The Labute approximate surface area is 73.1 Å². The molecule has 0 saturated carbocycles. The highest BCUT2D eigenvalue weighted by molar-refractivity contribution is 5.56. The summed E-state index contributed by atoms with van der Waals surface area (Å²) in [5, 5.41) is 10.3. The number of carbonyl (C=O) groups is 1. The molecule has 0 aromatic heterocycles. The normalized spacial score (nSPS) is 9.62. The number of halogens is 1. The SMILES string of the molecule is O=CCc1cccc([N+](=O)[O-])c1F. The predicted octanol–water partition coefficient (Wildman–Crippen LogP) is 1.48. The largest absolute Gasteiger partial charge is 0.305 e. The maximum absolute atomic E-state index is 13.1. The number of nitro benzene ring substituents is 1. The van der Waals surface area contributed by atoms with Crippen LogP contribution in [0.4, 0.5) is 10.1 Å². The van der Waals surface area contributed by atoms with Gasteiger partial charge in [0.05, 0.1) is 4.92 Å². The average molecular weight is 183 g/mol. The first-order valence-corrected chi connectivity index (χ1v) is 3.52. The van der Waals surface area contributed by atoms with E-state index < -0.39 is 16.4 Å². The number of nitrogens with zero attached hydrogens (tertiary/aromatic N) is 1. The Morgan fingerprint density at radius 3 is 2.77 bits per heavy atom. The van der Waals surface area contributed by atoms with Crippen molar-refractivity contribution in [3.63, 3.8) is 0 Å². The smallest absolute Gasteiger partial charge is 0.303 e. The van der Waals surface area contributed by atoms with Crippen LogP contribution in [0.5, 0.6) is 0 Å². The third-order valence-corrected chi connectivity index (χ3v) is 1.56. The molecular formula is C8H6FNO3. The Morgan fingerprint density at radius 1 is 1.54 bits per heavy atom. The predicted molar refractivity (Wildman–Crippen MR) is 42.8 cm³/mol. The van der Waals surface area contributed by atoms with Crippen molar-refractivity contribution in [3.05, 3.63) is 39.7 Å². The molecule has 5 heteroatoms. The van der Waals surface area contributed by atoms with Gasteiger partial charge in [0.25, 0.3) is 0 Å². The Hall–Kier alpha value is -1.78. The Kier molecular flexibility index (Phi) is 2.69. The molecule has 1 aromatic carbocycles. The lowest BCUT2D eigenvalue weighted by molar-refractivity contribution is -0.387. The molecule has 0 unspecified atom stereocenters. The molecule has 0 amide bonds. The summed E-state index contributed by atoms with van der Waals surface area (Å²) >= 11 is 0. The number of benzene rings is 1. The van der Waals surface area contributed by atoms with Crippen molar-refractivity contribution in [2.75, 3.05) is 0 Å². The highest BCUT2D eigenvalue weighted by Crippen LogP contribution is 2.19. The molecule has 0 aliphatic rings. The quantitative estimate of drug-likeness (QED) is 0.405. The third-order valence-electron chi connectivity index (χ3n) is 1.56. The molecule has 0 saturated heterocycles. The van der Waals surface area contributed by atoms with Gasteiger partial charge in [-0.05, 0) is 0 Å². The molecule has 68 valence electrons. The first-order valence-electron chi connectivity index (χ1n) is 3.52. The number of rotatable bonds is 3. The molecule has 1 aromatic rings. The highest BCUT2D eigenvalue weighted by Gasteiger charge is 2.16. The summed E-state index contributed by atoms with van der Waals surface area (Å²) < 4.78 is 13.1. The summed E-state index contributed by atoms with van der Waals surface area (Å²) in [6.45, 7) is 0. The molecule has 0 N–H and O–H groups in total. The maximum atomic E-state index is 13.1. The molecule has 0 atom stereocenters. The summed E-state index contributed by atoms with van der Waals surface area (Å²) in [4.78, 5) is 19.5. The minimum atomic E-state index is -0.931. The van der Waals surface area contributed by atoms with Crippen LogP contribution < -0.4 is 0 Å². The molecule has 0 spiro atoms. The highest BCUT2D eigenvalue weighted by atomic mass is 19.1. The van der Waals surface area contributed by atoms with Gasteiger partial charge in [-0.1, -0.05) is 12.1 Å². The van der Waals surface area contributed by atoms with E-state index in [9.17, 15) is 19.3 Å². The topological polar surface area (TPSA) is 60.2 Å². The van der Waals surface area contributed by atoms with Crippen LogP contribution in [0.1, 0.15) is 5.56 Å². The van der Waals surface area contributed by atoms with E-state index in [0.717, 1.165) is 6.07 Å². The Balaban J connectivity index is 3.17. The second-order valence-electron chi connectivity index (χ2n) is 2.38. The van der Waals surface area contributed by atoms with Crippen molar-refractivity contribution >= 4 is 12.0 Å². The summed E-state index contributed by atoms with van der Waals surface area (Å²) in [6, 6.07) is 3.75. The molecule has 4 nitrogen and oxygen atoms in total. The van der Waals surface area contributed by atoms with Gasteiger partial charge in [-0.15, -0.1) is 0 Å². The van der Waals surface area contributed by atoms with E-state index in [1.54, 1.807) is 0 Å². The van der Waals surface area contributed by atoms with Crippen molar-refractivity contribution in [2.24, 2.45) is 0 Å². The van der Waals surface area contributed by atoms with Crippen molar-refractivity contribution < 1.29 is 14.1 Å². The zero-order valence-electron chi connectivity index (χ0n) is 6.57. The fourth-order valence-electron chi connectivity index (χ4n) is 0.955. The number of aldehydes is 1. The zero-order valence-corrected chi connectivity index (χ0v) is 6.57. The molecule has 0 bridgehead atoms. The Bertz CT molecular complexity index is 351. The average Bonchev–Trinajstić information content (AvgIpc) is 2.08. The number of carbonyl (C=O) groups excluding carboxylic acids is 1. The standard InChI is InChI=1S/C8H6FNO3/c9-8-6(4-5-11)2-1-3-7(8)10(12)13/h1-3,5H,4H2. The summed E-state index contributed by atoms with van der Waals surface area (Å²) in [5.41, 5.74) is -0.552. The number of hydrogen-bond donors (Lipinski definition) is 0. The van der Waals surface area contributed by atoms with Gasteiger partial charge < -0.3 is 4.79 Å². The van der Waals surface area contributed by atoms with Gasteiger partial charge in [0.15, 0.2) is 0 Å². The summed E-state index contributed by atoms with van der Waals surface area (Å²) in [7, 11) is 0. The van der Waals surface area contributed by atoms with Crippen LogP contribution in [0.3, 0.4) is 0 Å². The fraction of sp³-hybridized carbons (Fsp3) is 0.125. The molecule has 0 radical (unpaired) electrons. The minimum Gasteiger partial charge on any atom is -0.303 e. The second-order valence-corrected chi connectivity index (χ2v) is 2.38. The van der Waals surface area contributed by atoms with Crippen LogP contribution in [0, 0.1) is 15.9 Å². The second kappa shape index (κ2) is 3.75. The monoisotopic (exact) mass is 183 g/mol. The first-order chi connectivity index (χ1) is 6.16. The minimum absolute atomic E-state index is 0.0456. The molecular weight excluding hydrogens is 177 g/mol. The van der Waals surface area contributed by atoms with Crippen molar-refractivity contribution in [3.8, 4) is 0 Å². The lowest BCUT2D eigenvalue weighted by atomic mass is 10.1. The summed E-state index contributed by atoms with van der Waals surface area (Å²) in [5.74, 6) is -0.931. The third kappa shape index (κ3) is 1.87. The molecule has 13 heavy (non-hydrogen) atoms. The van der Waals surface area contributed by atoms with E-state index in [1.807, 2.05) is 0 Å². The van der Waals surface area contributed by atoms with Crippen LogP contribution in [0.15, 0.2) is 18.2 Å². The van der Waals surface area contributed by atoms with Crippen LogP contribution in [-0.2, 0) is 11.2 Å². The van der Waals surface area contributed by atoms with Crippen molar-refractivity contribution in [1.29, 1.82) is 0 Å². The lowest BCUT2D eigenvalue weighted by Gasteiger charge is -1.98. The number of nitro groups is 1. The molecule has 1 rings (SSSR count). The van der Waals surface area contributed by atoms with Gasteiger partial charge in [0, 0.05) is 18.1 Å². The number of hydrogen-bond acceptors (Lipinski definition) is 3. The molecule has 0 aliphatic carbocycles. The van der Waals surface area contributed by atoms with E-state index in [-0.39, 0.29) is 12.0 Å². The lowest BCUT2D eigenvalue weighted by Crippen LogP contribution is -1.97. The van der Waals surface area contributed by atoms with Gasteiger partial charge in [0.1, 0.15) is 6.29 Å². The van der Waals surface area contributed by atoms with Gasteiger partial charge in [-0.2, -0.15) is 4.39 Å². The molecule has 0 fully saturated rings. The Morgan fingerprint density at radius 2 is 2.23 bits per heavy atom. The first kappa shape index (κ1) is 9.31.